The largest absolute Gasteiger partial charge is 0.319 e. The van der Waals surface area contributed by atoms with Crippen molar-refractivity contribution in [2.75, 3.05) is 21.9 Å². The van der Waals surface area contributed by atoms with Crippen molar-refractivity contribution in [3.05, 3.63) is 72.6 Å². The predicted molar refractivity (Wildman–Crippen MR) is 108 cm³/mol. The van der Waals surface area contributed by atoms with E-state index in [2.05, 4.69) is 15.3 Å². The van der Waals surface area contributed by atoms with Crippen LogP contribution in [-0.4, -0.2) is 36.6 Å². The van der Waals surface area contributed by atoms with Crippen LogP contribution in [0.5, 0.6) is 0 Å². The fourth-order valence-corrected chi connectivity index (χ4v) is 4.62. The van der Waals surface area contributed by atoms with Crippen molar-refractivity contribution >= 4 is 27.3 Å². The molecule has 1 aliphatic heterocycles. The van der Waals surface area contributed by atoms with Gasteiger partial charge >= 0.3 is 0 Å². The Balaban J connectivity index is 1.50. The third-order valence-electron chi connectivity index (χ3n) is 4.44. The zero-order chi connectivity index (χ0) is 19.6. The van der Waals surface area contributed by atoms with Crippen LogP contribution in [0.3, 0.4) is 0 Å². The highest BCUT2D eigenvalue weighted by Gasteiger charge is 2.28. The van der Waals surface area contributed by atoms with Gasteiger partial charge in [-0.15, -0.1) is 0 Å². The lowest BCUT2D eigenvalue weighted by atomic mass is 10.2. The van der Waals surface area contributed by atoms with Crippen LogP contribution in [0.15, 0.2) is 67.0 Å². The molecular formula is C20H18N4O3S. The van der Waals surface area contributed by atoms with Crippen molar-refractivity contribution in [2.24, 2.45) is 0 Å². The third kappa shape index (κ3) is 3.72. The number of hydrogen-bond acceptors (Lipinski definition) is 5. The maximum Gasteiger partial charge on any atom is 0.255 e. The molecule has 2 heterocycles. The summed E-state index contributed by atoms with van der Waals surface area (Å²) in [6.07, 6.45) is 3.67. The molecule has 1 saturated heterocycles. The second-order valence-corrected chi connectivity index (χ2v) is 8.42. The zero-order valence-electron chi connectivity index (χ0n) is 14.9. The first-order valence-electron chi connectivity index (χ1n) is 8.82. The van der Waals surface area contributed by atoms with Crippen LogP contribution in [0, 0.1) is 0 Å². The minimum Gasteiger partial charge on any atom is -0.319 e. The summed E-state index contributed by atoms with van der Waals surface area (Å²) >= 11 is 0. The molecule has 1 N–H and O–H groups in total. The summed E-state index contributed by atoms with van der Waals surface area (Å²) < 4.78 is 25.5. The van der Waals surface area contributed by atoms with E-state index < -0.39 is 10.0 Å². The van der Waals surface area contributed by atoms with Gasteiger partial charge in [0.1, 0.15) is 0 Å². The van der Waals surface area contributed by atoms with Gasteiger partial charge < -0.3 is 5.32 Å². The van der Waals surface area contributed by atoms with Crippen molar-refractivity contribution in [2.45, 2.75) is 6.42 Å². The van der Waals surface area contributed by atoms with Crippen molar-refractivity contribution in [1.82, 2.24) is 9.97 Å². The van der Waals surface area contributed by atoms with E-state index in [1.807, 2.05) is 30.3 Å². The summed E-state index contributed by atoms with van der Waals surface area (Å²) in [4.78, 5) is 21.1. The van der Waals surface area contributed by atoms with Gasteiger partial charge in [0, 0.05) is 17.7 Å². The number of sulfonamides is 1. The lowest BCUT2D eigenvalue weighted by molar-refractivity contribution is 0.102. The first-order valence-corrected chi connectivity index (χ1v) is 10.4. The minimum atomic E-state index is -3.29. The first-order chi connectivity index (χ1) is 13.5. The topological polar surface area (TPSA) is 92.3 Å². The lowest BCUT2D eigenvalue weighted by Gasteiger charge is -2.17. The highest BCUT2D eigenvalue weighted by Crippen LogP contribution is 2.25. The normalized spacial score (nSPS) is 15.4. The van der Waals surface area contributed by atoms with Crippen molar-refractivity contribution in [3.8, 4) is 11.4 Å². The Hall–Kier alpha value is -3.26. The van der Waals surface area contributed by atoms with E-state index >= 15 is 0 Å². The maximum atomic E-state index is 12.6. The van der Waals surface area contributed by atoms with E-state index in [9.17, 15) is 13.2 Å². The molecule has 0 unspecified atom stereocenters. The number of rotatable bonds is 4. The monoisotopic (exact) mass is 394 g/mol. The molecule has 2 aromatic carbocycles. The summed E-state index contributed by atoms with van der Waals surface area (Å²) in [5, 5.41) is 2.74. The van der Waals surface area contributed by atoms with Crippen LogP contribution in [0.4, 0.5) is 11.4 Å². The quantitative estimate of drug-likeness (QED) is 0.734. The predicted octanol–water partition coefficient (Wildman–Crippen LogP) is 2.94. The first kappa shape index (κ1) is 18.1. The average Bonchev–Trinajstić information content (AvgIpc) is 3.08. The third-order valence-corrected chi connectivity index (χ3v) is 6.31. The Bertz CT molecular complexity index is 1100. The molecule has 0 bridgehead atoms. The molecule has 8 heteroatoms. The lowest BCUT2D eigenvalue weighted by Crippen LogP contribution is -2.25. The Morgan fingerprint density at radius 2 is 1.75 bits per heavy atom. The number of hydrogen-bond donors (Lipinski definition) is 1. The molecule has 0 saturated carbocycles. The number of nitrogens with zero attached hydrogens (tertiary/aromatic N) is 3. The van der Waals surface area contributed by atoms with Crippen molar-refractivity contribution in [3.63, 3.8) is 0 Å². The Kier molecular flexibility index (Phi) is 4.79. The van der Waals surface area contributed by atoms with E-state index in [-0.39, 0.29) is 11.7 Å². The number of benzene rings is 2. The molecule has 1 fully saturated rings. The van der Waals surface area contributed by atoms with Crippen molar-refractivity contribution < 1.29 is 13.2 Å². The van der Waals surface area contributed by atoms with Gasteiger partial charge in [0.2, 0.25) is 10.0 Å². The molecule has 0 aliphatic carbocycles. The number of carbonyl (C=O) groups excluding carboxylic acids is 1. The van der Waals surface area contributed by atoms with E-state index in [1.165, 1.54) is 4.31 Å². The molecule has 0 radical (unpaired) electrons. The number of anilines is 2. The molecule has 0 atom stereocenters. The van der Waals surface area contributed by atoms with Gasteiger partial charge in [0.05, 0.1) is 29.5 Å². The number of aromatic nitrogens is 2. The highest BCUT2D eigenvalue weighted by atomic mass is 32.2. The minimum absolute atomic E-state index is 0.133. The summed E-state index contributed by atoms with van der Waals surface area (Å²) in [6.45, 7) is 0.433. The van der Waals surface area contributed by atoms with Gasteiger partial charge in [0.25, 0.3) is 5.91 Å². The number of nitrogens with one attached hydrogen (secondary N) is 1. The number of carbonyl (C=O) groups is 1. The Morgan fingerprint density at radius 3 is 2.43 bits per heavy atom. The van der Waals surface area contributed by atoms with Gasteiger partial charge in [-0.2, -0.15) is 0 Å². The van der Waals surface area contributed by atoms with E-state index in [1.54, 1.807) is 36.7 Å². The summed E-state index contributed by atoms with van der Waals surface area (Å²) in [7, 11) is -3.29. The summed E-state index contributed by atoms with van der Waals surface area (Å²) in [5.41, 5.74) is 2.22. The Morgan fingerprint density at radius 1 is 1.00 bits per heavy atom. The molecule has 1 aliphatic rings. The maximum absolute atomic E-state index is 12.6. The van der Waals surface area contributed by atoms with Gasteiger partial charge in [-0.1, -0.05) is 36.4 Å². The second kappa shape index (κ2) is 7.40. The van der Waals surface area contributed by atoms with Crippen LogP contribution in [0.1, 0.15) is 16.8 Å². The van der Waals surface area contributed by atoms with Gasteiger partial charge in [-0.3, -0.25) is 9.10 Å². The average molecular weight is 394 g/mol. The molecule has 28 heavy (non-hydrogen) atoms. The summed E-state index contributed by atoms with van der Waals surface area (Å²) in [6, 6.07) is 16.1. The van der Waals surface area contributed by atoms with Gasteiger partial charge in [0.15, 0.2) is 5.82 Å². The molecular weight excluding hydrogens is 376 g/mol. The molecule has 1 aromatic heterocycles. The fourth-order valence-electron chi connectivity index (χ4n) is 3.06. The van der Waals surface area contributed by atoms with E-state index in [0.29, 0.717) is 35.7 Å². The highest BCUT2D eigenvalue weighted by molar-refractivity contribution is 7.93. The SMILES string of the molecule is O=C(Nc1cnc(-c2ccccc2)nc1)c1cccc(N2CCCS2(=O)=O)c1. The summed E-state index contributed by atoms with van der Waals surface area (Å²) in [5.74, 6) is 0.350. The van der Waals surface area contributed by atoms with Gasteiger partial charge in [-0.05, 0) is 24.6 Å². The number of amides is 1. The molecule has 3 aromatic rings. The molecule has 7 nitrogen and oxygen atoms in total. The Labute approximate surface area is 163 Å². The molecule has 4 rings (SSSR count). The van der Waals surface area contributed by atoms with Crippen LogP contribution < -0.4 is 9.62 Å². The van der Waals surface area contributed by atoms with Crippen LogP contribution >= 0.6 is 0 Å². The second-order valence-electron chi connectivity index (χ2n) is 6.41. The fraction of sp³-hybridized carbons (Fsp3) is 0.150. The van der Waals surface area contributed by atoms with Crippen molar-refractivity contribution in [1.29, 1.82) is 0 Å². The molecule has 142 valence electrons. The van der Waals surface area contributed by atoms with Crippen LogP contribution in [0.2, 0.25) is 0 Å². The van der Waals surface area contributed by atoms with Gasteiger partial charge in [-0.25, -0.2) is 18.4 Å². The zero-order valence-corrected chi connectivity index (χ0v) is 15.8. The standard InChI is InChI=1S/C20H18N4O3S/c25-20(16-8-4-9-18(12-16)24-10-5-11-28(24,26)27)23-17-13-21-19(22-14-17)15-6-2-1-3-7-15/h1-4,6-9,12-14H,5,10-11H2,(H,23,25). The van der Waals surface area contributed by atoms with Crippen LogP contribution in [0.25, 0.3) is 11.4 Å². The molecule has 1 amide bonds. The van der Waals surface area contributed by atoms with Crippen LogP contribution in [-0.2, 0) is 10.0 Å². The van der Waals surface area contributed by atoms with E-state index in [4.69, 9.17) is 0 Å². The smallest absolute Gasteiger partial charge is 0.255 e. The van der Waals surface area contributed by atoms with E-state index in [0.717, 1.165) is 5.56 Å². The molecule has 0 spiro atoms.